The molecule has 2 rings (SSSR count). The Kier molecular flexibility index (Phi) is 3.66. The predicted molar refractivity (Wildman–Crippen MR) is 69.2 cm³/mol. The number of rotatable bonds is 4. The molecule has 0 aliphatic heterocycles. The van der Waals surface area contributed by atoms with Crippen LogP contribution in [0.3, 0.4) is 0 Å². The smallest absolute Gasteiger partial charge is 0.313 e. The summed E-state index contributed by atoms with van der Waals surface area (Å²) >= 11 is 1.20. The lowest BCUT2D eigenvalue weighted by Gasteiger charge is -2.08. The van der Waals surface area contributed by atoms with E-state index < -0.39 is 5.97 Å². The van der Waals surface area contributed by atoms with E-state index in [1.165, 1.54) is 11.8 Å². The summed E-state index contributed by atoms with van der Waals surface area (Å²) in [5.41, 5.74) is 2.84. The van der Waals surface area contributed by atoms with E-state index >= 15 is 0 Å². The van der Waals surface area contributed by atoms with Crippen molar-refractivity contribution < 1.29 is 9.90 Å². The first-order valence-corrected chi connectivity index (χ1v) is 6.38. The van der Waals surface area contributed by atoms with Gasteiger partial charge in [0.2, 0.25) is 0 Å². The van der Waals surface area contributed by atoms with Gasteiger partial charge in [0, 0.05) is 12.4 Å². The molecule has 0 amide bonds. The standard InChI is InChI=1S/C12H13N3O2S/c1-8-3-4-13-5-10(8)15-6-9(2)14-12(15)18-7-11(16)17/h3-6H,7H2,1-2H3,(H,16,17). The van der Waals surface area contributed by atoms with Gasteiger partial charge in [-0.3, -0.25) is 14.3 Å². The minimum absolute atomic E-state index is 0.00420. The molecular formula is C12H13N3O2S. The summed E-state index contributed by atoms with van der Waals surface area (Å²) in [6.45, 7) is 3.87. The number of thioether (sulfide) groups is 1. The van der Waals surface area contributed by atoms with Crippen molar-refractivity contribution in [2.75, 3.05) is 5.75 Å². The van der Waals surface area contributed by atoms with Gasteiger partial charge in [0.15, 0.2) is 5.16 Å². The lowest BCUT2D eigenvalue weighted by atomic mass is 10.2. The summed E-state index contributed by atoms with van der Waals surface area (Å²) in [5, 5.41) is 9.40. The van der Waals surface area contributed by atoms with E-state index in [0.717, 1.165) is 16.9 Å². The quantitative estimate of drug-likeness (QED) is 0.855. The molecule has 0 saturated carbocycles. The summed E-state index contributed by atoms with van der Waals surface area (Å²) in [6.07, 6.45) is 5.36. The number of pyridine rings is 1. The molecule has 0 radical (unpaired) electrons. The average molecular weight is 263 g/mol. The zero-order valence-electron chi connectivity index (χ0n) is 10.1. The number of imidazole rings is 1. The third kappa shape index (κ3) is 2.70. The second kappa shape index (κ2) is 5.22. The number of aliphatic carboxylic acids is 1. The molecule has 18 heavy (non-hydrogen) atoms. The third-order valence-electron chi connectivity index (χ3n) is 2.39. The van der Waals surface area contributed by atoms with E-state index in [2.05, 4.69) is 9.97 Å². The van der Waals surface area contributed by atoms with Crippen molar-refractivity contribution in [2.24, 2.45) is 0 Å². The van der Waals surface area contributed by atoms with E-state index in [-0.39, 0.29) is 5.75 Å². The maximum atomic E-state index is 10.6. The van der Waals surface area contributed by atoms with Gasteiger partial charge in [0.25, 0.3) is 0 Å². The summed E-state index contributed by atoms with van der Waals surface area (Å²) in [7, 11) is 0. The molecule has 0 atom stereocenters. The molecule has 0 aromatic carbocycles. The zero-order chi connectivity index (χ0) is 13.1. The van der Waals surface area contributed by atoms with Gasteiger partial charge in [0.05, 0.1) is 23.3 Å². The van der Waals surface area contributed by atoms with Gasteiger partial charge >= 0.3 is 5.97 Å². The lowest BCUT2D eigenvalue weighted by molar-refractivity contribution is -0.133. The first kappa shape index (κ1) is 12.6. The number of aromatic nitrogens is 3. The Hall–Kier alpha value is -1.82. The normalized spacial score (nSPS) is 10.6. The van der Waals surface area contributed by atoms with Crippen LogP contribution in [-0.4, -0.2) is 31.4 Å². The maximum Gasteiger partial charge on any atom is 0.313 e. The molecule has 94 valence electrons. The van der Waals surface area contributed by atoms with Gasteiger partial charge in [-0.2, -0.15) is 0 Å². The number of hydrogen-bond acceptors (Lipinski definition) is 4. The minimum atomic E-state index is -0.852. The highest BCUT2D eigenvalue weighted by Gasteiger charge is 2.11. The number of carboxylic acids is 1. The molecular weight excluding hydrogens is 250 g/mol. The fraction of sp³-hybridized carbons (Fsp3) is 0.250. The summed E-state index contributed by atoms with van der Waals surface area (Å²) in [4.78, 5) is 19.1. The summed E-state index contributed by atoms with van der Waals surface area (Å²) in [6, 6.07) is 1.91. The Morgan fingerprint density at radius 3 is 2.94 bits per heavy atom. The summed E-state index contributed by atoms with van der Waals surface area (Å²) < 4.78 is 1.88. The van der Waals surface area contributed by atoms with E-state index in [0.29, 0.717) is 5.16 Å². The Morgan fingerprint density at radius 1 is 1.50 bits per heavy atom. The molecule has 2 aromatic heterocycles. The highest BCUT2D eigenvalue weighted by molar-refractivity contribution is 7.99. The fourth-order valence-electron chi connectivity index (χ4n) is 1.58. The van der Waals surface area contributed by atoms with Crippen molar-refractivity contribution >= 4 is 17.7 Å². The van der Waals surface area contributed by atoms with E-state index in [9.17, 15) is 4.79 Å². The van der Waals surface area contributed by atoms with Crippen molar-refractivity contribution in [1.82, 2.24) is 14.5 Å². The number of hydrogen-bond donors (Lipinski definition) is 1. The van der Waals surface area contributed by atoms with E-state index in [1.54, 1.807) is 12.4 Å². The molecule has 2 heterocycles. The largest absolute Gasteiger partial charge is 0.481 e. The van der Waals surface area contributed by atoms with Crippen molar-refractivity contribution in [3.8, 4) is 5.69 Å². The van der Waals surface area contributed by atoms with Crippen LogP contribution in [0.15, 0.2) is 29.8 Å². The van der Waals surface area contributed by atoms with Crippen LogP contribution >= 0.6 is 11.8 Å². The SMILES string of the molecule is Cc1cn(-c2cnccc2C)c(SCC(=O)O)n1. The van der Waals surface area contributed by atoms with E-state index in [1.807, 2.05) is 30.7 Å². The molecule has 0 unspecified atom stereocenters. The van der Waals surface area contributed by atoms with Crippen LogP contribution in [0, 0.1) is 13.8 Å². The Balaban J connectivity index is 2.38. The van der Waals surface area contributed by atoms with Gasteiger partial charge in [0.1, 0.15) is 0 Å². The second-order valence-electron chi connectivity index (χ2n) is 3.88. The zero-order valence-corrected chi connectivity index (χ0v) is 10.9. The first-order valence-electron chi connectivity index (χ1n) is 5.39. The van der Waals surface area contributed by atoms with Gasteiger partial charge in [-0.05, 0) is 25.5 Å². The van der Waals surface area contributed by atoms with Crippen LogP contribution in [0.1, 0.15) is 11.3 Å². The monoisotopic (exact) mass is 263 g/mol. The number of aryl methyl sites for hydroxylation is 2. The predicted octanol–water partition coefficient (Wildman–Crippen LogP) is 2.06. The Morgan fingerprint density at radius 2 is 2.28 bits per heavy atom. The number of nitrogens with zero attached hydrogens (tertiary/aromatic N) is 3. The molecule has 0 aliphatic rings. The van der Waals surface area contributed by atoms with E-state index in [4.69, 9.17) is 5.11 Å². The van der Waals surface area contributed by atoms with Gasteiger partial charge in [-0.25, -0.2) is 4.98 Å². The minimum Gasteiger partial charge on any atom is -0.481 e. The number of carbonyl (C=O) groups is 1. The van der Waals surface area contributed by atoms with Gasteiger partial charge < -0.3 is 5.11 Å². The highest BCUT2D eigenvalue weighted by Crippen LogP contribution is 2.23. The topological polar surface area (TPSA) is 68.0 Å². The van der Waals surface area contributed by atoms with Crippen LogP contribution < -0.4 is 0 Å². The van der Waals surface area contributed by atoms with Gasteiger partial charge in [-0.15, -0.1) is 0 Å². The Bertz CT molecular complexity index is 580. The highest BCUT2D eigenvalue weighted by atomic mass is 32.2. The molecule has 0 spiro atoms. The van der Waals surface area contributed by atoms with Crippen LogP contribution in [0.2, 0.25) is 0 Å². The van der Waals surface area contributed by atoms with Crippen molar-refractivity contribution in [1.29, 1.82) is 0 Å². The lowest BCUT2D eigenvalue weighted by Crippen LogP contribution is -2.02. The average Bonchev–Trinajstić information content (AvgIpc) is 2.68. The first-order chi connectivity index (χ1) is 8.58. The van der Waals surface area contributed by atoms with Crippen LogP contribution in [0.5, 0.6) is 0 Å². The maximum absolute atomic E-state index is 10.6. The molecule has 1 N–H and O–H groups in total. The number of carboxylic acid groups (broad SMARTS) is 1. The van der Waals surface area contributed by atoms with Crippen LogP contribution in [0.4, 0.5) is 0 Å². The van der Waals surface area contributed by atoms with Crippen molar-refractivity contribution in [3.05, 3.63) is 35.9 Å². The van der Waals surface area contributed by atoms with Crippen LogP contribution in [0.25, 0.3) is 5.69 Å². The molecule has 6 heteroatoms. The van der Waals surface area contributed by atoms with Crippen molar-refractivity contribution in [3.63, 3.8) is 0 Å². The summed E-state index contributed by atoms with van der Waals surface area (Å²) in [5.74, 6) is -0.856. The second-order valence-corrected chi connectivity index (χ2v) is 4.82. The van der Waals surface area contributed by atoms with Crippen molar-refractivity contribution in [2.45, 2.75) is 19.0 Å². The Labute approximate surface area is 109 Å². The van der Waals surface area contributed by atoms with Crippen LogP contribution in [-0.2, 0) is 4.79 Å². The molecule has 0 bridgehead atoms. The molecule has 0 aliphatic carbocycles. The fourth-order valence-corrected chi connectivity index (χ4v) is 2.34. The molecule has 2 aromatic rings. The molecule has 0 saturated heterocycles. The molecule has 5 nitrogen and oxygen atoms in total. The third-order valence-corrected chi connectivity index (χ3v) is 3.33. The van der Waals surface area contributed by atoms with Gasteiger partial charge in [-0.1, -0.05) is 11.8 Å². The molecule has 0 fully saturated rings.